The average molecular weight is 361 g/mol. The van der Waals surface area contributed by atoms with Crippen molar-refractivity contribution in [1.29, 1.82) is 0 Å². The summed E-state index contributed by atoms with van der Waals surface area (Å²) in [6.45, 7) is 8.28. The third-order valence-corrected chi connectivity index (χ3v) is 5.04. The molecule has 2 saturated heterocycles. The number of carbonyl (C=O) groups is 2. The van der Waals surface area contributed by atoms with Gasteiger partial charge in [-0.25, -0.2) is 14.8 Å². The third-order valence-electron chi connectivity index (χ3n) is 5.04. The van der Waals surface area contributed by atoms with E-state index in [1.54, 1.807) is 29.1 Å². The molecule has 3 heterocycles. The van der Waals surface area contributed by atoms with Gasteiger partial charge < -0.3 is 19.4 Å². The number of rotatable bonds is 3. The van der Waals surface area contributed by atoms with Crippen molar-refractivity contribution < 1.29 is 14.3 Å². The summed E-state index contributed by atoms with van der Waals surface area (Å²) >= 11 is 0. The second-order valence-electron chi connectivity index (χ2n) is 6.92. The van der Waals surface area contributed by atoms with Crippen molar-refractivity contribution in [3.8, 4) is 0 Å². The Morgan fingerprint density at radius 3 is 2.19 bits per heavy atom. The second kappa shape index (κ2) is 8.33. The van der Waals surface area contributed by atoms with Gasteiger partial charge in [0.15, 0.2) is 0 Å². The summed E-state index contributed by atoms with van der Waals surface area (Å²) in [4.78, 5) is 38.7. The van der Waals surface area contributed by atoms with Crippen LogP contribution in [-0.2, 0) is 4.74 Å². The van der Waals surface area contributed by atoms with E-state index in [0.29, 0.717) is 44.3 Å². The van der Waals surface area contributed by atoms with Crippen LogP contribution in [0.15, 0.2) is 12.4 Å². The quantitative estimate of drug-likeness (QED) is 0.814. The highest BCUT2D eigenvalue weighted by molar-refractivity contribution is 5.93. The Morgan fingerprint density at radius 2 is 1.62 bits per heavy atom. The van der Waals surface area contributed by atoms with E-state index in [-0.39, 0.29) is 12.0 Å². The first-order valence-corrected chi connectivity index (χ1v) is 9.36. The summed E-state index contributed by atoms with van der Waals surface area (Å²) in [5, 5.41) is 0. The maximum atomic E-state index is 12.6. The van der Waals surface area contributed by atoms with Gasteiger partial charge in [-0.3, -0.25) is 4.79 Å². The lowest BCUT2D eigenvalue weighted by Gasteiger charge is -2.34. The topological polar surface area (TPSA) is 78.9 Å². The van der Waals surface area contributed by atoms with Crippen molar-refractivity contribution in [2.24, 2.45) is 5.92 Å². The predicted molar refractivity (Wildman–Crippen MR) is 97.1 cm³/mol. The molecule has 0 N–H and O–H groups in total. The Kier molecular flexibility index (Phi) is 5.90. The predicted octanol–water partition coefficient (Wildman–Crippen LogP) is 1.63. The van der Waals surface area contributed by atoms with Crippen molar-refractivity contribution in [3.63, 3.8) is 0 Å². The fraction of sp³-hybridized carbons (Fsp3) is 0.667. The zero-order valence-corrected chi connectivity index (χ0v) is 15.6. The smallest absolute Gasteiger partial charge is 0.409 e. The van der Waals surface area contributed by atoms with Crippen LogP contribution < -0.4 is 4.90 Å². The number of ether oxygens (including phenoxy) is 1. The van der Waals surface area contributed by atoms with Gasteiger partial charge in [-0.15, -0.1) is 0 Å². The van der Waals surface area contributed by atoms with Crippen LogP contribution >= 0.6 is 0 Å². The second-order valence-corrected chi connectivity index (χ2v) is 6.92. The van der Waals surface area contributed by atoms with Crippen LogP contribution in [0, 0.1) is 5.92 Å². The first-order chi connectivity index (χ1) is 12.6. The lowest BCUT2D eigenvalue weighted by molar-refractivity contribution is 0.0570. The fourth-order valence-corrected chi connectivity index (χ4v) is 3.29. The highest BCUT2D eigenvalue weighted by atomic mass is 16.6. The normalized spacial score (nSPS) is 18.8. The van der Waals surface area contributed by atoms with Gasteiger partial charge in [0, 0.05) is 51.7 Å². The van der Waals surface area contributed by atoms with Gasteiger partial charge >= 0.3 is 6.09 Å². The Bertz CT molecular complexity index is 620. The van der Waals surface area contributed by atoms with Crippen molar-refractivity contribution in [3.05, 3.63) is 18.0 Å². The minimum Gasteiger partial charge on any atom is -0.450 e. The molecule has 0 saturated carbocycles. The Labute approximate surface area is 154 Å². The number of hydrogen-bond donors (Lipinski definition) is 0. The van der Waals surface area contributed by atoms with Gasteiger partial charge in [0.25, 0.3) is 5.91 Å². The number of carbonyl (C=O) groups excluding carboxylic acids is 2. The minimum atomic E-state index is -0.317. The molecule has 142 valence electrons. The molecule has 0 bridgehead atoms. The molecular weight excluding hydrogens is 334 g/mol. The summed E-state index contributed by atoms with van der Waals surface area (Å²) in [6.07, 6.45) is 5.20. The largest absolute Gasteiger partial charge is 0.450 e. The van der Waals surface area contributed by atoms with E-state index in [2.05, 4.69) is 21.8 Å². The average Bonchev–Trinajstić information content (AvgIpc) is 2.68. The van der Waals surface area contributed by atoms with Crippen LogP contribution in [0.25, 0.3) is 0 Å². The molecule has 1 aromatic rings. The van der Waals surface area contributed by atoms with Crippen LogP contribution in [0.4, 0.5) is 10.7 Å². The van der Waals surface area contributed by atoms with Crippen LogP contribution in [-0.4, -0.2) is 77.6 Å². The Morgan fingerprint density at radius 1 is 1.04 bits per heavy atom. The van der Waals surface area contributed by atoms with E-state index in [1.165, 1.54) is 0 Å². The molecule has 1 aromatic heterocycles. The molecule has 2 aliphatic rings. The molecule has 0 aromatic carbocycles. The van der Waals surface area contributed by atoms with E-state index in [4.69, 9.17) is 4.74 Å². The number of amides is 2. The molecule has 26 heavy (non-hydrogen) atoms. The van der Waals surface area contributed by atoms with Crippen molar-refractivity contribution in [1.82, 2.24) is 19.8 Å². The molecule has 2 amide bonds. The zero-order valence-electron chi connectivity index (χ0n) is 15.6. The molecule has 8 nitrogen and oxygen atoms in total. The molecule has 0 aliphatic carbocycles. The van der Waals surface area contributed by atoms with Gasteiger partial charge in [-0.05, 0) is 25.7 Å². The zero-order chi connectivity index (χ0) is 18.5. The van der Waals surface area contributed by atoms with E-state index in [1.807, 2.05) is 0 Å². The maximum absolute atomic E-state index is 12.6. The molecule has 0 atom stereocenters. The summed E-state index contributed by atoms with van der Waals surface area (Å²) in [7, 11) is 0. The summed E-state index contributed by atoms with van der Waals surface area (Å²) in [6, 6.07) is 0. The summed E-state index contributed by atoms with van der Waals surface area (Å²) in [5.41, 5.74) is 0.490. The van der Waals surface area contributed by atoms with Gasteiger partial charge in [0.05, 0.1) is 12.2 Å². The van der Waals surface area contributed by atoms with Crippen molar-refractivity contribution >= 4 is 17.9 Å². The number of anilines is 1. The maximum Gasteiger partial charge on any atom is 0.409 e. The molecule has 8 heteroatoms. The standard InChI is InChI=1S/C18H27N5O3/c1-3-26-18(25)23-10-8-21(9-11-23)16(24)15-12-19-17(20-13-15)22-6-4-14(2)5-7-22/h12-14H,3-11H2,1-2H3. The van der Waals surface area contributed by atoms with Gasteiger partial charge in [-0.2, -0.15) is 0 Å². The van der Waals surface area contributed by atoms with E-state index in [0.717, 1.165) is 31.8 Å². The molecule has 0 spiro atoms. The Hall–Kier alpha value is -2.38. The number of nitrogens with zero attached hydrogens (tertiary/aromatic N) is 5. The van der Waals surface area contributed by atoms with E-state index >= 15 is 0 Å². The SMILES string of the molecule is CCOC(=O)N1CCN(C(=O)c2cnc(N3CCC(C)CC3)nc2)CC1. The van der Waals surface area contributed by atoms with Crippen LogP contribution in [0.3, 0.4) is 0 Å². The lowest BCUT2D eigenvalue weighted by atomic mass is 10.00. The Balaban J connectivity index is 1.55. The van der Waals surface area contributed by atoms with E-state index in [9.17, 15) is 9.59 Å². The first-order valence-electron chi connectivity index (χ1n) is 9.36. The first kappa shape index (κ1) is 18.4. The highest BCUT2D eigenvalue weighted by Crippen LogP contribution is 2.20. The molecule has 2 fully saturated rings. The van der Waals surface area contributed by atoms with E-state index < -0.39 is 0 Å². The van der Waals surface area contributed by atoms with Crippen LogP contribution in [0.1, 0.15) is 37.0 Å². The summed E-state index contributed by atoms with van der Waals surface area (Å²) in [5.74, 6) is 1.35. The monoisotopic (exact) mass is 361 g/mol. The van der Waals surface area contributed by atoms with Gasteiger partial charge in [0.1, 0.15) is 0 Å². The minimum absolute atomic E-state index is 0.0904. The number of hydrogen-bond acceptors (Lipinski definition) is 6. The van der Waals surface area contributed by atoms with Gasteiger partial charge in [-0.1, -0.05) is 6.92 Å². The third kappa shape index (κ3) is 4.23. The van der Waals surface area contributed by atoms with Crippen molar-refractivity contribution in [2.75, 3.05) is 50.8 Å². The summed E-state index contributed by atoms with van der Waals surface area (Å²) < 4.78 is 5.00. The number of aromatic nitrogens is 2. The molecular formula is C18H27N5O3. The lowest BCUT2D eigenvalue weighted by Crippen LogP contribution is -2.50. The van der Waals surface area contributed by atoms with Gasteiger partial charge in [0.2, 0.25) is 5.95 Å². The van der Waals surface area contributed by atoms with Crippen molar-refractivity contribution in [2.45, 2.75) is 26.7 Å². The number of piperazine rings is 1. The number of piperidine rings is 1. The molecule has 0 unspecified atom stereocenters. The van der Waals surface area contributed by atoms with Crippen LogP contribution in [0.2, 0.25) is 0 Å². The fourth-order valence-electron chi connectivity index (χ4n) is 3.29. The highest BCUT2D eigenvalue weighted by Gasteiger charge is 2.26. The molecule has 3 rings (SSSR count). The molecule has 0 radical (unpaired) electrons. The van der Waals surface area contributed by atoms with Crippen LogP contribution in [0.5, 0.6) is 0 Å². The molecule has 2 aliphatic heterocycles.